The minimum atomic E-state index is -0.732. The van der Waals surface area contributed by atoms with E-state index in [4.69, 9.17) is 10.6 Å². The molecule has 1 saturated heterocycles. The topological polar surface area (TPSA) is 129 Å². The van der Waals surface area contributed by atoms with Crippen molar-refractivity contribution in [3.05, 3.63) is 37.2 Å². The second kappa shape index (κ2) is 6.33. The molecule has 10 heteroatoms. The minimum Gasteiger partial charge on any atom is -0.363 e. The molecule has 0 aromatic carbocycles. The zero-order valence-corrected chi connectivity index (χ0v) is 12.4. The summed E-state index contributed by atoms with van der Waals surface area (Å²) in [6.45, 7) is 0.132. The van der Waals surface area contributed by atoms with Crippen molar-refractivity contribution >= 4 is 27.5 Å². The summed E-state index contributed by atoms with van der Waals surface area (Å²) < 4.78 is 7.10. The smallest absolute Gasteiger partial charge is 0.335 e. The van der Waals surface area contributed by atoms with Crippen LogP contribution in [0.3, 0.4) is 0 Å². The number of nitrogens with one attached hydrogen (secondary N) is 1. The monoisotopic (exact) mass is 360 g/mol. The summed E-state index contributed by atoms with van der Waals surface area (Å²) in [5.41, 5.74) is 0.782. The fraction of sp³-hybridized carbons (Fsp3) is 0.455. The van der Waals surface area contributed by atoms with Crippen LogP contribution in [-0.2, 0) is 16.1 Å². The Morgan fingerprint density at radius 1 is 1.62 bits per heavy atom. The first-order chi connectivity index (χ1) is 9.92. The number of rotatable bonds is 4. The Morgan fingerprint density at radius 3 is 2.95 bits per heavy atom. The zero-order chi connectivity index (χ0) is 15.6. The van der Waals surface area contributed by atoms with E-state index in [9.17, 15) is 19.7 Å². The van der Waals surface area contributed by atoms with E-state index in [0.717, 1.165) is 6.07 Å². The van der Waals surface area contributed by atoms with Gasteiger partial charge in [-0.25, -0.2) is 5.84 Å². The van der Waals surface area contributed by atoms with Crippen molar-refractivity contribution < 1.29 is 14.5 Å². The number of halogens is 1. The number of nitrogens with two attached hydrogens (primary N) is 1. The van der Waals surface area contributed by atoms with Crippen LogP contribution in [0.25, 0.3) is 0 Å². The molecule has 0 bridgehead atoms. The largest absolute Gasteiger partial charge is 0.363 e. The summed E-state index contributed by atoms with van der Waals surface area (Å²) in [4.78, 5) is 33.4. The van der Waals surface area contributed by atoms with E-state index in [-0.39, 0.29) is 12.6 Å². The van der Waals surface area contributed by atoms with Crippen LogP contribution in [0.4, 0.5) is 5.69 Å². The third kappa shape index (κ3) is 3.46. The Bertz CT molecular complexity index is 632. The third-order valence-electron chi connectivity index (χ3n) is 3.17. The van der Waals surface area contributed by atoms with Gasteiger partial charge in [0.15, 0.2) is 0 Å². The van der Waals surface area contributed by atoms with Gasteiger partial charge < -0.3 is 9.30 Å². The second-order valence-corrected chi connectivity index (χ2v) is 5.51. The number of hydrazine groups is 1. The predicted octanol–water partition coefficient (Wildman–Crippen LogP) is 0.0565. The van der Waals surface area contributed by atoms with Crippen LogP contribution < -0.4 is 16.8 Å². The van der Waals surface area contributed by atoms with Gasteiger partial charge in [-0.3, -0.25) is 25.1 Å². The molecular formula is C11H13BrN4O5. The molecule has 0 saturated carbocycles. The highest BCUT2D eigenvalue weighted by molar-refractivity contribution is 9.10. The van der Waals surface area contributed by atoms with Gasteiger partial charge in [-0.05, 0) is 28.8 Å². The number of hydrogen-bond donors (Lipinski definition) is 2. The Labute approximate surface area is 127 Å². The van der Waals surface area contributed by atoms with Crippen LogP contribution in [0.1, 0.15) is 12.8 Å². The van der Waals surface area contributed by atoms with E-state index >= 15 is 0 Å². The first kappa shape index (κ1) is 15.6. The number of aromatic nitrogens is 1. The molecule has 21 heavy (non-hydrogen) atoms. The van der Waals surface area contributed by atoms with Gasteiger partial charge >= 0.3 is 11.2 Å². The van der Waals surface area contributed by atoms with Crippen LogP contribution in [0, 0.1) is 10.1 Å². The Morgan fingerprint density at radius 2 is 2.33 bits per heavy atom. The predicted molar refractivity (Wildman–Crippen MR) is 75.3 cm³/mol. The highest BCUT2D eigenvalue weighted by Gasteiger charge is 2.31. The van der Waals surface area contributed by atoms with E-state index in [1.807, 2.05) is 5.43 Å². The van der Waals surface area contributed by atoms with E-state index in [1.165, 1.54) is 10.8 Å². The van der Waals surface area contributed by atoms with Crippen LogP contribution in [0.15, 0.2) is 21.5 Å². The van der Waals surface area contributed by atoms with Gasteiger partial charge in [0.25, 0.3) is 5.91 Å². The normalized spacial score (nSPS) is 21.2. The van der Waals surface area contributed by atoms with E-state index in [0.29, 0.717) is 17.3 Å². The molecule has 0 spiro atoms. The summed E-state index contributed by atoms with van der Waals surface area (Å²) in [6.07, 6.45) is 1.47. The summed E-state index contributed by atoms with van der Waals surface area (Å²) in [5.74, 6) is 4.61. The molecule has 9 nitrogen and oxygen atoms in total. The van der Waals surface area contributed by atoms with Gasteiger partial charge in [-0.15, -0.1) is 0 Å². The number of nitro groups is 1. The second-order valence-electron chi connectivity index (χ2n) is 4.59. The Hall–Kier alpha value is -1.78. The number of carbonyl (C=O) groups excluding carboxylic acids is 1. The number of amides is 1. The van der Waals surface area contributed by atoms with E-state index in [1.54, 1.807) is 0 Å². The summed E-state index contributed by atoms with van der Waals surface area (Å²) >= 11 is 3.13. The van der Waals surface area contributed by atoms with Crippen molar-refractivity contribution in [2.45, 2.75) is 31.6 Å². The highest BCUT2D eigenvalue weighted by atomic mass is 79.9. The van der Waals surface area contributed by atoms with Crippen molar-refractivity contribution in [2.24, 2.45) is 5.84 Å². The van der Waals surface area contributed by atoms with Gasteiger partial charge in [0.05, 0.1) is 17.6 Å². The van der Waals surface area contributed by atoms with Crippen LogP contribution in [0.5, 0.6) is 0 Å². The third-order valence-corrected chi connectivity index (χ3v) is 3.61. The number of nitrogens with zero attached hydrogens (tertiary/aromatic N) is 2. The maximum atomic E-state index is 12.0. The molecule has 114 valence electrons. The first-order valence-corrected chi connectivity index (χ1v) is 6.92. The number of hydrogen-bond acceptors (Lipinski definition) is 6. The molecule has 2 rings (SSSR count). The molecule has 2 atom stereocenters. The average molecular weight is 361 g/mol. The zero-order valence-electron chi connectivity index (χ0n) is 10.8. The fourth-order valence-electron chi connectivity index (χ4n) is 2.20. The van der Waals surface area contributed by atoms with Crippen LogP contribution in [-0.4, -0.2) is 27.6 Å². The SMILES string of the molecule is NNC(=O)C1CCC(Cn2cc(Br)cc([N+](=O)[O-])c2=O)O1. The lowest BCUT2D eigenvalue weighted by atomic mass is 10.2. The number of carbonyl (C=O) groups is 1. The van der Waals surface area contributed by atoms with Crippen molar-refractivity contribution in [3.8, 4) is 0 Å². The molecule has 1 aromatic rings. The van der Waals surface area contributed by atoms with Gasteiger partial charge in [0.1, 0.15) is 6.10 Å². The summed E-state index contributed by atoms with van der Waals surface area (Å²) in [7, 11) is 0. The molecule has 3 N–H and O–H groups in total. The molecule has 2 unspecified atom stereocenters. The summed E-state index contributed by atoms with van der Waals surface area (Å²) in [6, 6.07) is 1.15. The molecule has 0 aliphatic carbocycles. The maximum absolute atomic E-state index is 12.0. The molecule has 2 heterocycles. The lowest BCUT2D eigenvalue weighted by molar-refractivity contribution is -0.386. The fourth-order valence-corrected chi connectivity index (χ4v) is 2.66. The Kier molecular flexibility index (Phi) is 4.70. The lowest BCUT2D eigenvalue weighted by Gasteiger charge is -2.14. The molecular weight excluding hydrogens is 348 g/mol. The maximum Gasteiger partial charge on any atom is 0.335 e. The van der Waals surface area contributed by atoms with Crippen LogP contribution >= 0.6 is 15.9 Å². The van der Waals surface area contributed by atoms with Gasteiger partial charge in [-0.1, -0.05) is 0 Å². The molecule has 1 aliphatic rings. The van der Waals surface area contributed by atoms with E-state index in [2.05, 4.69) is 15.9 Å². The van der Waals surface area contributed by atoms with Gasteiger partial charge in [0.2, 0.25) is 0 Å². The average Bonchev–Trinajstić information content (AvgIpc) is 2.89. The van der Waals surface area contributed by atoms with Crippen molar-refractivity contribution in [1.29, 1.82) is 0 Å². The van der Waals surface area contributed by atoms with Crippen molar-refractivity contribution in [1.82, 2.24) is 9.99 Å². The molecule has 1 aliphatic heterocycles. The quantitative estimate of drug-likeness (QED) is 0.338. The highest BCUT2D eigenvalue weighted by Crippen LogP contribution is 2.22. The Balaban J connectivity index is 2.16. The number of ether oxygens (including phenoxy) is 1. The molecule has 0 radical (unpaired) electrons. The number of pyridine rings is 1. The first-order valence-electron chi connectivity index (χ1n) is 6.12. The lowest BCUT2D eigenvalue weighted by Crippen LogP contribution is -2.39. The van der Waals surface area contributed by atoms with E-state index < -0.39 is 28.2 Å². The molecule has 1 amide bonds. The molecule has 1 fully saturated rings. The van der Waals surface area contributed by atoms with Crippen molar-refractivity contribution in [2.75, 3.05) is 0 Å². The minimum absolute atomic E-state index is 0.132. The van der Waals surface area contributed by atoms with Gasteiger partial charge in [-0.2, -0.15) is 0 Å². The van der Waals surface area contributed by atoms with Crippen molar-refractivity contribution in [3.63, 3.8) is 0 Å². The molecule has 1 aromatic heterocycles. The van der Waals surface area contributed by atoms with Gasteiger partial charge in [0, 0.05) is 16.7 Å². The summed E-state index contributed by atoms with van der Waals surface area (Å²) in [5, 5.41) is 10.8. The standard InChI is InChI=1S/C11H13BrN4O5/c12-6-3-8(16(19)20)11(18)15(4-6)5-7-1-2-9(21-7)10(17)14-13/h3-4,7,9H,1-2,5,13H2,(H,14,17). The van der Waals surface area contributed by atoms with Crippen LogP contribution in [0.2, 0.25) is 0 Å².